The van der Waals surface area contributed by atoms with Crippen LogP contribution < -0.4 is 10.1 Å². The second-order valence-corrected chi connectivity index (χ2v) is 4.82. The van der Waals surface area contributed by atoms with E-state index in [0.29, 0.717) is 17.9 Å². The standard InChI is InChI=1S/C12H9BrClN5O/c1-2-20-12-18-10(14)17-11(19-12)16-9-4-3-8(13)5-7(9)6-15/h3-5H,2H2,1H3,(H,16,17,18,19). The summed E-state index contributed by atoms with van der Waals surface area (Å²) in [6, 6.07) is 7.44. The molecule has 0 aliphatic heterocycles. The van der Waals surface area contributed by atoms with Crippen molar-refractivity contribution >= 4 is 39.2 Å². The van der Waals surface area contributed by atoms with E-state index in [1.807, 2.05) is 6.92 Å². The molecule has 1 aromatic carbocycles. The maximum atomic E-state index is 9.10. The second kappa shape index (κ2) is 6.50. The number of hydrogen-bond acceptors (Lipinski definition) is 6. The van der Waals surface area contributed by atoms with E-state index in [1.165, 1.54) is 0 Å². The Morgan fingerprint density at radius 1 is 1.40 bits per heavy atom. The highest BCUT2D eigenvalue weighted by Gasteiger charge is 2.09. The predicted octanol–water partition coefficient (Wildman–Crippen LogP) is 3.30. The van der Waals surface area contributed by atoms with Crippen LogP contribution in [0.3, 0.4) is 0 Å². The number of nitrogens with zero attached hydrogens (tertiary/aromatic N) is 4. The lowest BCUT2D eigenvalue weighted by atomic mass is 10.2. The summed E-state index contributed by atoms with van der Waals surface area (Å²) >= 11 is 9.10. The molecule has 1 aromatic heterocycles. The highest BCUT2D eigenvalue weighted by Crippen LogP contribution is 2.23. The molecule has 8 heteroatoms. The number of anilines is 2. The number of nitriles is 1. The van der Waals surface area contributed by atoms with Crippen LogP contribution in [0.25, 0.3) is 0 Å². The van der Waals surface area contributed by atoms with Crippen LogP contribution in [0, 0.1) is 11.3 Å². The van der Waals surface area contributed by atoms with E-state index in [9.17, 15) is 0 Å². The fourth-order valence-corrected chi connectivity index (χ4v) is 1.93. The number of aromatic nitrogens is 3. The van der Waals surface area contributed by atoms with E-state index in [0.717, 1.165) is 4.47 Å². The van der Waals surface area contributed by atoms with Gasteiger partial charge in [-0.1, -0.05) is 15.9 Å². The third kappa shape index (κ3) is 3.56. The first-order chi connectivity index (χ1) is 9.62. The fourth-order valence-electron chi connectivity index (χ4n) is 1.42. The average Bonchev–Trinajstić information content (AvgIpc) is 2.40. The minimum absolute atomic E-state index is 0.0153. The molecule has 2 aromatic rings. The van der Waals surface area contributed by atoms with Crippen LogP contribution in [0.15, 0.2) is 22.7 Å². The van der Waals surface area contributed by atoms with E-state index in [2.05, 4.69) is 42.3 Å². The molecule has 6 nitrogen and oxygen atoms in total. The highest BCUT2D eigenvalue weighted by molar-refractivity contribution is 9.10. The molecule has 0 aliphatic rings. The monoisotopic (exact) mass is 353 g/mol. The quantitative estimate of drug-likeness (QED) is 0.907. The summed E-state index contributed by atoms with van der Waals surface area (Å²) in [6.45, 7) is 2.23. The molecule has 2 rings (SSSR count). The zero-order chi connectivity index (χ0) is 14.5. The first kappa shape index (κ1) is 14.5. The maximum absolute atomic E-state index is 9.10. The van der Waals surface area contributed by atoms with Gasteiger partial charge in [0.05, 0.1) is 17.9 Å². The zero-order valence-corrected chi connectivity index (χ0v) is 12.7. The van der Waals surface area contributed by atoms with Crippen molar-refractivity contribution in [3.63, 3.8) is 0 Å². The van der Waals surface area contributed by atoms with Crippen LogP contribution in [-0.4, -0.2) is 21.6 Å². The molecule has 102 valence electrons. The largest absolute Gasteiger partial charge is 0.464 e. The minimum atomic E-state index is 0.0153. The maximum Gasteiger partial charge on any atom is 0.322 e. The van der Waals surface area contributed by atoms with E-state index < -0.39 is 0 Å². The molecule has 0 spiro atoms. The minimum Gasteiger partial charge on any atom is -0.464 e. The molecule has 20 heavy (non-hydrogen) atoms. The summed E-state index contributed by atoms with van der Waals surface area (Å²) in [5.74, 6) is 0.215. The Hall–Kier alpha value is -1.91. The summed E-state index contributed by atoms with van der Waals surface area (Å²) < 4.78 is 5.99. The van der Waals surface area contributed by atoms with Crippen LogP contribution in [0.1, 0.15) is 12.5 Å². The molecule has 0 amide bonds. The lowest BCUT2D eigenvalue weighted by molar-refractivity contribution is 0.312. The second-order valence-electron chi connectivity index (χ2n) is 3.57. The zero-order valence-electron chi connectivity index (χ0n) is 10.4. The molecule has 0 bridgehead atoms. The molecule has 0 unspecified atom stereocenters. The van der Waals surface area contributed by atoms with Gasteiger partial charge in [0.15, 0.2) is 0 Å². The Labute approximate surface area is 128 Å². The molecule has 1 N–H and O–H groups in total. The summed E-state index contributed by atoms with van der Waals surface area (Å²) in [7, 11) is 0. The van der Waals surface area contributed by atoms with Crippen molar-refractivity contribution in [2.45, 2.75) is 6.92 Å². The lowest BCUT2D eigenvalue weighted by Gasteiger charge is -2.08. The van der Waals surface area contributed by atoms with Gasteiger partial charge in [-0.25, -0.2) is 0 Å². The number of rotatable bonds is 4. The van der Waals surface area contributed by atoms with Crippen LogP contribution in [0.5, 0.6) is 6.01 Å². The summed E-state index contributed by atoms with van der Waals surface area (Å²) in [5, 5.41) is 12.0. The summed E-state index contributed by atoms with van der Waals surface area (Å²) in [4.78, 5) is 11.8. The Morgan fingerprint density at radius 2 is 2.20 bits per heavy atom. The van der Waals surface area contributed by atoms with Crippen LogP contribution >= 0.6 is 27.5 Å². The van der Waals surface area contributed by atoms with Gasteiger partial charge >= 0.3 is 6.01 Å². The molecule has 0 fully saturated rings. The number of hydrogen-bond donors (Lipinski definition) is 1. The van der Waals surface area contributed by atoms with Crippen molar-refractivity contribution in [3.8, 4) is 12.1 Å². The normalized spacial score (nSPS) is 9.90. The van der Waals surface area contributed by atoms with E-state index in [-0.39, 0.29) is 17.2 Å². The van der Waals surface area contributed by atoms with Crippen molar-refractivity contribution in [2.75, 3.05) is 11.9 Å². The topological polar surface area (TPSA) is 83.7 Å². The van der Waals surface area contributed by atoms with Gasteiger partial charge < -0.3 is 10.1 Å². The lowest BCUT2D eigenvalue weighted by Crippen LogP contribution is -2.04. The first-order valence-electron chi connectivity index (χ1n) is 5.63. The summed E-state index contributed by atoms with van der Waals surface area (Å²) in [5.41, 5.74) is 1.02. The third-order valence-electron chi connectivity index (χ3n) is 2.21. The Balaban J connectivity index is 2.32. The van der Waals surface area contributed by atoms with Gasteiger partial charge in [-0.15, -0.1) is 0 Å². The SMILES string of the molecule is CCOc1nc(Cl)nc(Nc2ccc(Br)cc2C#N)n1. The van der Waals surface area contributed by atoms with Gasteiger partial charge in [0.2, 0.25) is 11.2 Å². The Morgan fingerprint density at radius 3 is 2.90 bits per heavy atom. The highest BCUT2D eigenvalue weighted by atomic mass is 79.9. The number of nitrogens with one attached hydrogen (secondary N) is 1. The number of benzene rings is 1. The van der Waals surface area contributed by atoms with E-state index >= 15 is 0 Å². The van der Waals surface area contributed by atoms with Crippen molar-refractivity contribution in [2.24, 2.45) is 0 Å². The molecule has 0 saturated carbocycles. The molecule has 0 aliphatic carbocycles. The number of ether oxygens (including phenoxy) is 1. The molecule has 0 saturated heterocycles. The Bertz CT molecular complexity index is 673. The predicted molar refractivity (Wildman–Crippen MR) is 78.1 cm³/mol. The van der Waals surface area contributed by atoms with Crippen LogP contribution in [0.2, 0.25) is 5.28 Å². The summed E-state index contributed by atoms with van der Waals surface area (Å²) in [6.07, 6.45) is 0. The van der Waals surface area contributed by atoms with Gasteiger partial charge in [0, 0.05) is 4.47 Å². The molecular weight excluding hydrogens is 346 g/mol. The van der Waals surface area contributed by atoms with E-state index in [4.69, 9.17) is 21.6 Å². The van der Waals surface area contributed by atoms with Crippen molar-refractivity contribution in [1.29, 1.82) is 5.26 Å². The first-order valence-corrected chi connectivity index (χ1v) is 6.80. The van der Waals surface area contributed by atoms with Crippen molar-refractivity contribution < 1.29 is 4.74 Å². The van der Waals surface area contributed by atoms with Gasteiger partial charge in [0.1, 0.15) is 6.07 Å². The average molecular weight is 355 g/mol. The smallest absolute Gasteiger partial charge is 0.322 e. The van der Waals surface area contributed by atoms with Gasteiger partial charge in [-0.3, -0.25) is 0 Å². The fraction of sp³-hybridized carbons (Fsp3) is 0.167. The molecule has 0 atom stereocenters. The van der Waals surface area contributed by atoms with E-state index in [1.54, 1.807) is 18.2 Å². The third-order valence-corrected chi connectivity index (χ3v) is 2.87. The van der Waals surface area contributed by atoms with Gasteiger partial charge in [-0.2, -0.15) is 20.2 Å². The van der Waals surface area contributed by atoms with Gasteiger partial charge in [-0.05, 0) is 36.7 Å². The number of halogens is 2. The molecule has 1 heterocycles. The Kier molecular flexibility index (Phi) is 4.71. The van der Waals surface area contributed by atoms with Crippen molar-refractivity contribution in [1.82, 2.24) is 15.0 Å². The molecular formula is C12H9BrClN5O. The molecule has 0 radical (unpaired) electrons. The van der Waals surface area contributed by atoms with Crippen LogP contribution in [-0.2, 0) is 0 Å². The van der Waals surface area contributed by atoms with Crippen LogP contribution in [0.4, 0.5) is 11.6 Å². The van der Waals surface area contributed by atoms with Crippen molar-refractivity contribution in [3.05, 3.63) is 33.5 Å². The van der Waals surface area contributed by atoms with Gasteiger partial charge in [0.25, 0.3) is 0 Å².